The average molecular weight is 237 g/mol. The van der Waals surface area contributed by atoms with E-state index in [1.165, 1.54) is 0 Å². The van der Waals surface area contributed by atoms with E-state index in [9.17, 15) is 9.59 Å². The molecule has 0 aliphatic heterocycles. The van der Waals surface area contributed by atoms with Crippen LogP contribution in [-0.2, 0) is 0 Å². The van der Waals surface area contributed by atoms with Crippen LogP contribution in [-0.4, -0.2) is 31.6 Å². The first-order valence-corrected chi connectivity index (χ1v) is 4.75. The van der Waals surface area contributed by atoms with Gasteiger partial charge in [-0.3, -0.25) is 0 Å². The van der Waals surface area contributed by atoms with Gasteiger partial charge in [0.1, 0.15) is 0 Å². The standard InChI is InChI=1S/C10H6O2Se/c11-8-5-9(13)10(12)7-4-2-1-3-6(7)8/h1-4H,5H2. The van der Waals surface area contributed by atoms with Crippen molar-refractivity contribution < 1.29 is 9.59 Å². The Labute approximate surface area is 83.3 Å². The molecule has 64 valence electrons. The molecule has 0 amide bonds. The monoisotopic (exact) mass is 238 g/mol. The molecule has 1 aromatic rings. The number of benzene rings is 1. The Morgan fingerprint density at radius 3 is 2.38 bits per heavy atom. The van der Waals surface area contributed by atoms with E-state index in [0.717, 1.165) is 0 Å². The SMILES string of the molecule is O=C1CC(=[Se])C(=O)c2ccccc21. The molecule has 0 atom stereocenters. The molecule has 3 heteroatoms. The van der Waals surface area contributed by atoms with Crippen LogP contribution >= 0.6 is 0 Å². The summed E-state index contributed by atoms with van der Waals surface area (Å²) in [6.45, 7) is 0. The van der Waals surface area contributed by atoms with Gasteiger partial charge >= 0.3 is 83.0 Å². The molecule has 1 aromatic carbocycles. The van der Waals surface area contributed by atoms with Crippen molar-refractivity contribution in [3.63, 3.8) is 0 Å². The van der Waals surface area contributed by atoms with Gasteiger partial charge in [0.25, 0.3) is 0 Å². The fraction of sp³-hybridized carbons (Fsp3) is 0.100. The molecule has 0 spiro atoms. The fourth-order valence-corrected chi connectivity index (χ4v) is 1.90. The van der Waals surface area contributed by atoms with Crippen molar-refractivity contribution in [1.82, 2.24) is 0 Å². The molecule has 0 saturated heterocycles. The molecule has 0 saturated carbocycles. The van der Waals surface area contributed by atoms with E-state index in [0.29, 0.717) is 15.5 Å². The Bertz CT molecular complexity index is 421. The summed E-state index contributed by atoms with van der Waals surface area (Å²) >= 11 is 2.65. The Hall–Kier alpha value is -1.05. The zero-order chi connectivity index (χ0) is 9.42. The van der Waals surface area contributed by atoms with E-state index in [1.54, 1.807) is 24.3 Å². The third-order valence-electron chi connectivity index (χ3n) is 2.05. The summed E-state index contributed by atoms with van der Waals surface area (Å²) < 4.78 is 0.517. The first-order chi connectivity index (χ1) is 6.20. The van der Waals surface area contributed by atoms with E-state index in [2.05, 4.69) is 15.6 Å². The van der Waals surface area contributed by atoms with Crippen LogP contribution in [0.1, 0.15) is 27.1 Å². The van der Waals surface area contributed by atoms with Crippen molar-refractivity contribution in [1.29, 1.82) is 0 Å². The van der Waals surface area contributed by atoms with E-state index in [4.69, 9.17) is 0 Å². The summed E-state index contributed by atoms with van der Waals surface area (Å²) in [6, 6.07) is 6.92. The Kier molecular flexibility index (Phi) is 1.98. The minimum atomic E-state index is -0.0461. The number of hydrogen-bond acceptors (Lipinski definition) is 2. The maximum absolute atomic E-state index is 11.5. The molecule has 0 aromatic heterocycles. The summed E-state index contributed by atoms with van der Waals surface area (Å²) in [6.07, 6.45) is 0.218. The number of fused-ring (bicyclic) bond motifs is 1. The molecular weight excluding hydrogens is 231 g/mol. The number of Topliss-reactive ketones (excluding diaryl/α,β-unsaturated/α-hetero) is 2. The Morgan fingerprint density at radius 2 is 1.69 bits per heavy atom. The van der Waals surface area contributed by atoms with Gasteiger partial charge in [-0.2, -0.15) is 0 Å². The molecule has 0 heterocycles. The summed E-state index contributed by atoms with van der Waals surface area (Å²) in [5.74, 6) is -0.0286. The van der Waals surface area contributed by atoms with Crippen molar-refractivity contribution in [2.24, 2.45) is 0 Å². The normalized spacial score (nSPS) is 15.8. The number of carbonyl (C=O) groups is 2. The molecule has 2 nitrogen and oxygen atoms in total. The molecule has 1 aliphatic carbocycles. The van der Waals surface area contributed by atoms with Gasteiger partial charge in [0.15, 0.2) is 0 Å². The molecular formula is C10H6O2Se. The number of rotatable bonds is 0. The van der Waals surface area contributed by atoms with Crippen LogP contribution in [0.25, 0.3) is 0 Å². The van der Waals surface area contributed by atoms with Crippen molar-refractivity contribution in [2.75, 3.05) is 0 Å². The van der Waals surface area contributed by atoms with Crippen molar-refractivity contribution in [2.45, 2.75) is 6.42 Å². The first-order valence-electron chi connectivity index (χ1n) is 3.90. The first kappa shape index (κ1) is 8.54. The van der Waals surface area contributed by atoms with Crippen LogP contribution in [0.15, 0.2) is 24.3 Å². The predicted molar refractivity (Wildman–Crippen MR) is 50.5 cm³/mol. The van der Waals surface area contributed by atoms with Crippen LogP contribution in [0.5, 0.6) is 0 Å². The second-order valence-electron chi connectivity index (χ2n) is 2.90. The molecule has 0 fully saturated rings. The van der Waals surface area contributed by atoms with E-state index in [-0.39, 0.29) is 18.0 Å². The minimum absolute atomic E-state index is 0.0175. The summed E-state index contributed by atoms with van der Waals surface area (Å²) in [4.78, 5) is 23.0. The van der Waals surface area contributed by atoms with Crippen LogP contribution in [0.3, 0.4) is 0 Å². The second-order valence-corrected chi connectivity index (χ2v) is 3.93. The third kappa shape index (κ3) is 1.30. The van der Waals surface area contributed by atoms with Gasteiger partial charge in [0.2, 0.25) is 0 Å². The van der Waals surface area contributed by atoms with Gasteiger partial charge in [0, 0.05) is 0 Å². The summed E-state index contributed by atoms with van der Waals surface area (Å²) in [7, 11) is 0. The Morgan fingerprint density at radius 1 is 1.08 bits per heavy atom. The van der Waals surface area contributed by atoms with E-state index >= 15 is 0 Å². The summed E-state index contributed by atoms with van der Waals surface area (Å²) in [5.41, 5.74) is 1.07. The van der Waals surface area contributed by atoms with Crippen molar-refractivity contribution in [3.8, 4) is 0 Å². The van der Waals surface area contributed by atoms with Gasteiger partial charge in [-0.05, 0) is 0 Å². The van der Waals surface area contributed by atoms with E-state index in [1.807, 2.05) is 0 Å². The average Bonchev–Trinajstić information content (AvgIpc) is 2.15. The number of hydrogen-bond donors (Lipinski definition) is 0. The van der Waals surface area contributed by atoms with Crippen LogP contribution in [0.2, 0.25) is 0 Å². The number of carbonyl (C=O) groups excluding carboxylic acids is 2. The number of ketones is 2. The van der Waals surface area contributed by atoms with Gasteiger partial charge in [-0.25, -0.2) is 0 Å². The molecule has 1 aliphatic rings. The predicted octanol–water partition coefficient (Wildman–Crippen LogP) is 0.797. The van der Waals surface area contributed by atoms with Crippen LogP contribution < -0.4 is 0 Å². The van der Waals surface area contributed by atoms with E-state index < -0.39 is 0 Å². The van der Waals surface area contributed by atoms with Gasteiger partial charge < -0.3 is 0 Å². The van der Waals surface area contributed by atoms with Gasteiger partial charge in [0.05, 0.1) is 0 Å². The zero-order valence-electron chi connectivity index (χ0n) is 6.74. The van der Waals surface area contributed by atoms with Gasteiger partial charge in [-0.1, -0.05) is 0 Å². The Balaban J connectivity index is 2.67. The van der Waals surface area contributed by atoms with Crippen LogP contribution in [0, 0.1) is 0 Å². The maximum atomic E-state index is 11.5. The zero-order valence-corrected chi connectivity index (χ0v) is 8.45. The third-order valence-corrected chi connectivity index (χ3v) is 2.74. The quantitative estimate of drug-likeness (QED) is 0.625. The van der Waals surface area contributed by atoms with Gasteiger partial charge in [-0.15, -0.1) is 0 Å². The van der Waals surface area contributed by atoms with Crippen LogP contribution in [0.4, 0.5) is 0 Å². The topological polar surface area (TPSA) is 34.1 Å². The molecule has 0 bridgehead atoms. The molecule has 0 N–H and O–H groups in total. The van der Waals surface area contributed by atoms with Crippen molar-refractivity contribution in [3.05, 3.63) is 35.4 Å². The molecule has 0 unspecified atom stereocenters. The van der Waals surface area contributed by atoms with Crippen molar-refractivity contribution >= 4 is 31.6 Å². The fourth-order valence-electron chi connectivity index (χ4n) is 1.40. The molecule has 13 heavy (non-hydrogen) atoms. The molecule has 0 radical (unpaired) electrons. The summed E-state index contributed by atoms with van der Waals surface area (Å²) in [5, 5.41) is 0. The second kappa shape index (κ2) is 3.02. The molecule has 2 rings (SSSR count).